The zero-order valence-electron chi connectivity index (χ0n) is 9.47. The molecule has 2 heteroatoms. The number of rotatable bonds is 1. The van der Waals surface area contributed by atoms with Crippen LogP contribution < -0.4 is 0 Å². The molecule has 2 aromatic rings. The Balaban J connectivity index is 2.03. The molecule has 0 aromatic heterocycles. The minimum atomic E-state index is -0.0513. The topological polar surface area (TPSA) is 33.0 Å². The van der Waals surface area contributed by atoms with Crippen molar-refractivity contribution in [1.82, 2.24) is 0 Å². The number of nitrogens with zero attached hydrogens (tertiary/aromatic N) is 1. The van der Waals surface area contributed by atoms with Gasteiger partial charge in [0.25, 0.3) is 0 Å². The molecule has 0 aliphatic carbocycles. The highest BCUT2D eigenvalue weighted by molar-refractivity contribution is 5.83. The van der Waals surface area contributed by atoms with Crippen LogP contribution in [0.5, 0.6) is 0 Å². The highest BCUT2D eigenvalue weighted by Gasteiger charge is 2.29. The van der Waals surface area contributed by atoms with E-state index in [0.29, 0.717) is 6.61 Å². The quantitative estimate of drug-likeness (QED) is 0.742. The van der Waals surface area contributed by atoms with Crippen molar-refractivity contribution in [3.8, 4) is 6.07 Å². The van der Waals surface area contributed by atoms with Crippen molar-refractivity contribution < 1.29 is 4.74 Å². The molecular formula is C15H13NO. The second kappa shape index (κ2) is 4.20. The molecule has 1 heterocycles. The molecule has 0 spiro atoms. The van der Waals surface area contributed by atoms with Gasteiger partial charge in [-0.05, 0) is 28.8 Å². The van der Waals surface area contributed by atoms with Crippen molar-refractivity contribution in [3.05, 3.63) is 48.0 Å². The minimum Gasteiger partial charge on any atom is -0.372 e. The number of hydrogen-bond acceptors (Lipinski definition) is 2. The van der Waals surface area contributed by atoms with Crippen LogP contribution in [-0.2, 0) is 4.74 Å². The lowest BCUT2D eigenvalue weighted by molar-refractivity contribution is 0.101. The summed E-state index contributed by atoms with van der Waals surface area (Å²) in [5.41, 5.74) is 1.12. The Labute approximate surface area is 100 Å². The highest BCUT2D eigenvalue weighted by atomic mass is 16.5. The largest absolute Gasteiger partial charge is 0.372 e. The third-order valence-corrected chi connectivity index (χ3v) is 3.36. The molecule has 17 heavy (non-hydrogen) atoms. The lowest BCUT2D eigenvalue weighted by Crippen LogP contribution is -2.05. The Morgan fingerprint density at radius 2 is 1.94 bits per heavy atom. The summed E-state index contributed by atoms with van der Waals surface area (Å²) in [5.74, 6) is -0.00355. The van der Waals surface area contributed by atoms with E-state index in [9.17, 15) is 0 Å². The van der Waals surface area contributed by atoms with E-state index >= 15 is 0 Å². The van der Waals surface area contributed by atoms with Gasteiger partial charge >= 0.3 is 0 Å². The fraction of sp³-hybridized carbons (Fsp3) is 0.267. The lowest BCUT2D eigenvalue weighted by Gasteiger charge is -2.13. The third kappa shape index (κ3) is 1.79. The van der Waals surface area contributed by atoms with Crippen LogP contribution in [0.25, 0.3) is 10.8 Å². The predicted octanol–water partition coefficient (Wildman–Crippen LogP) is 3.44. The predicted molar refractivity (Wildman–Crippen MR) is 66.4 cm³/mol. The molecular weight excluding hydrogens is 210 g/mol. The highest BCUT2D eigenvalue weighted by Crippen LogP contribution is 2.35. The van der Waals surface area contributed by atoms with Gasteiger partial charge in [-0.2, -0.15) is 5.26 Å². The summed E-state index contributed by atoms with van der Waals surface area (Å²) in [6.07, 6.45) is 0.790. The van der Waals surface area contributed by atoms with E-state index in [2.05, 4.69) is 36.4 Å². The second-order valence-corrected chi connectivity index (χ2v) is 4.42. The molecule has 2 atom stereocenters. The van der Waals surface area contributed by atoms with Crippen LogP contribution in [0.15, 0.2) is 42.5 Å². The molecule has 2 unspecified atom stereocenters. The van der Waals surface area contributed by atoms with Crippen LogP contribution in [-0.4, -0.2) is 6.61 Å². The summed E-state index contributed by atoms with van der Waals surface area (Å²) >= 11 is 0. The number of ether oxygens (including phenoxy) is 1. The van der Waals surface area contributed by atoms with Crippen molar-refractivity contribution in [2.24, 2.45) is 5.92 Å². The van der Waals surface area contributed by atoms with Gasteiger partial charge in [-0.15, -0.1) is 0 Å². The van der Waals surface area contributed by atoms with Gasteiger partial charge in [-0.25, -0.2) is 0 Å². The maximum absolute atomic E-state index is 9.08. The fourth-order valence-corrected chi connectivity index (χ4v) is 2.44. The summed E-state index contributed by atoms with van der Waals surface area (Å²) < 4.78 is 5.67. The molecule has 2 nitrogen and oxygen atoms in total. The van der Waals surface area contributed by atoms with Crippen molar-refractivity contribution >= 4 is 10.8 Å². The van der Waals surface area contributed by atoms with Crippen LogP contribution >= 0.6 is 0 Å². The summed E-state index contributed by atoms with van der Waals surface area (Å²) in [5, 5.41) is 11.5. The third-order valence-electron chi connectivity index (χ3n) is 3.36. The van der Waals surface area contributed by atoms with Crippen LogP contribution in [0, 0.1) is 17.2 Å². The van der Waals surface area contributed by atoms with E-state index in [-0.39, 0.29) is 12.0 Å². The Kier molecular flexibility index (Phi) is 2.55. The molecule has 0 bridgehead atoms. The molecule has 0 saturated carbocycles. The first kappa shape index (κ1) is 10.3. The van der Waals surface area contributed by atoms with E-state index in [1.165, 1.54) is 10.8 Å². The van der Waals surface area contributed by atoms with Gasteiger partial charge in [-0.3, -0.25) is 0 Å². The maximum Gasteiger partial charge on any atom is 0.0984 e. The Hall–Kier alpha value is -1.85. The lowest BCUT2D eigenvalue weighted by atomic mass is 9.95. The average molecular weight is 223 g/mol. The first-order chi connectivity index (χ1) is 8.38. The second-order valence-electron chi connectivity index (χ2n) is 4.42. The summed E-state index contributed by atoms with van der Waals surface area (Å²) in [6, 6.07) is 16.9. The Bertz CT molecular complexity index is 585. The number of nitriles is 1. The SMILES string of the molecule is N#CC1CCOC1c1ccc2ccccc2c1. The average Bonchev–Trinajstić information content (AvgIpc) is 2.86. The van der Waals surface area contributed by atoms with Crippen molar-refractivity contribution in [1.29, 1.82) is 5.26 Å². The molecule has 84 valence electrons. The minimum absolute atomic E-state index is 0.00355. The normalized spacial score (nSPS) is 23.7. The van der Waals surface area contributed by atoms with Gasteiger partial charge in [0.1, 0.15) is 0 Å². The molecule has 1 saturated heterocycles. The first-order valence-electron chi connectivity index (χ1n) is 5.88. The molecule has 0 amide bonds. The summed E-state index contributed by atoms with van der Waals surface area (Å²) in [4.78, 5) is 0. The summed E-state index contributed by atoms with van der Waals surface area (Å²) in [7, 11) is 0. The van der Waals surface area contributed by atoms with Crippen molar-refractivity contribution in [2.75, 3.05) is 6.61 Å². The van der Waals surface area contributed by atoms with E-state index < -0.39 is 0 Å². The van der Waals surface area contributed by atoms with E-state index in [1.54, 1.807) is 0 Å². The number of fused-ring (bicyclic) bond motifs is 1. The fourth-order valence-electron chi connectivity index (χ4n) is 2.44. The molecule has 3 rings (SSSR count). The van der Waals surface area contributed by atoms with Gasteiger partial charge in [0.2, 0.25) is 0 Å². The number of hydrogen-bond donors (Lipinski definition) is 0. The van der Waals surface area contributed by atoms with Gasteiger partial charge < -0.3 is 4.74 Å². The van der Waals surface area contributed by atoms with E-state index in [0.717, 1.165) is 12.0 Å². The molecule has 0 radical (unpaired) electrons. The number of benzene rings is 2. The van der Waals surface area contributed by atoms with Crippen LogP contribution in [0.3, 0.4) is 0 Å². The first-order valence-corrected chi connectivity index (χ1v) is 5.88. The van der Waals surface area contributed by atoms with Gasteiger partial charge in [-0.1, -0.05) is 36.4 Å². The monoisotopic (exact) mass is 223 g/mol. The Morgan fingerprint density at radius 1 is 1.12 bits per heavy atom. The molecule has 1 aliphatic rings. The summed E-state index contributed by atoms with van der Waals surface area (Å²) in [6.45, 7) is 0.690. The zero-order chi connectivity index (χ0) is 11.7. The molecule has 1 fully saturated rings. The van der Waals surface area contributed by atoms with Crippen molar-refractivity contribution in [3.63, 3.8) is 0 Å². The molecule has 1 aliphatic heterocycles. The Morgan fingerprint density at radius 3 is 2.76 bits per heavy atom. The van der Waals surface area contributed by atoms with Gasteiger partial charge in [0, 0.05) is 6.61 Å². The van der Waals surface area contributed by atoms with Crippen LogP contribution in [0.1, 0.15) is 18.1 Å². The van der Waals surface area contributed by atoms with Gasteiger partial charge in [0.15, 0.2) is 0 Å². The van der Waals surface area contributed by atoms with E-state index in [4.69, 9.17) is 10.00 Å². The van der Waals surface area contributed by atoms with Crippen LogP contribution in [0.2, 0.25) is 0 Å². The van der Waals surface area contributed by atoms with Gasteiger partial charge in [0.05, 0.1) is 18.1 Å². The molecule has 0 N–H and O–H groups in total. The maximum atomic E-state index is 9.08. The standard InChI is InChI=1S/C15H13NO/c16-10-14-7-8-17-15(14)13-6-5-11-3-1-2-4-12(11)9-13/h1-6,9,14-15H,7-8H2. The zero-order valence-corrected chi connectivity index (χ0v) is 9.47. The van der Waals surface area contributed by atoms with Crippen molar-refractivity contribution in [2.45, 2.75) is 12.5 Å². The smallest absolute Gasteiger partial charge is 0.0984 e. The van der Waals surface area contributed by atoms with Crippen LogP contribution in [0.4, 0.5) is 0 Å². The van der Waals surface area contributed by atoms with E-state index in [1.807, 2.05) is 12.1 Å². The molecule has 2 aromatic carbocycles.